The molecular formula is C20H21F4N3O5S2. The minimum absolute atomic E-state index is 0.00737. The van der Waals surface area contributed by atoms with Crippen molar-refractivity contribution < 1.29 is 40.7 Å². The van der Waals surface area contributed by atoms with E-state index in [0.29, 0.717) is 19.5 Å². The molecule has 2 aromatic rings. The van der Waals surface area contributed by atoms with E-state index in [1.54, 1.807) is 4.90 Å². The number of carboxylic acid groups (broad SMARTS) is 1. The molecule has 1 aromatic carbocycles. The van der Waals surface area contributed by atoms with Crippen molar-refractivity contribution in [2.75, 3.05) is 38.1 Å². The van der Waals surface area contributed by atoms with Crippen molar-refractivity contribution in [3.05, 3.63) is 46.9 Å². The van der Waals surface area contributed by atoms with Gasteiger partial charge in [-0.3, -0.25) is 9.69 Å². The average Bonchev–Trinajstić information content (AvgIpc) is 3.42. The molecule has 2 saturated heterocycles. The number of hydrogen-bond donors (Lipinski definition) is 1. The number of benzene rings is 1. The van der Waals surface area contributed by atoms with Crippen LogP contribution in [0.2, 0.25) is 0 Å². The lowest BCUT2D eigenvalue weighted by Crippen LogP contribution is -2.64. The Hall–Kier alpha value is -2.55. The van der Waals surface area contributed by atoms with Gasteiger partial charge in [0.1, 0.15) is 5.82 Å². The number of likely N-dealkylation sites (N-methyl/N-ethyl adjacent to an activating group) is 1. The van der Waals surface area contributed by atoms with Crippen LogP contribution in [-0.2, 0) is 19.6 Å². The molecule has 3 heterocycles. The predicted molar refractivity (Wildman–Crippen MR) is 115 cm³/mol. The van der Waals surface area contributed by atoms with Crippen LogP contribution >= 0.6 is 11.3 Å². The highest BCUT2D eigenvalue weighted by atomic mass is 32.2. The van der Waals surface area contributed by atoms with Crippen LogP contribution in [0.5, 0.6) is 0 Å². The number of nitrogens with zero attached hydrogens (tertiary/aromatic N) is 3. The molecule has 2 fully saturated rings. The van der Waals surface area contributed by atoms with Gasteiger partial charge in [0.05, 0.1) is 22.7 Å². The molecule has 34 heavy (non-hydrogen) atoms. The monoisotopic (exact) mass is 523 g/mol. The molecule has 186 valence electrons. The fourth-order valence-electron chi connectivity index (χ4n) is 3.85. The van der Waals surface area contributed by atoms with Crippen LogP contribution in [0.1, 0.15) is 6.42 Å². The van der Waals surface area contributed by atoms with Crippen molar-refractivity contribution in [1.29, 1.82) is 0 Å². The van der Waals surface area contributed by atoms with Gasteiger partial charge in [-0.25, -0.2) is 17.6 Å². The number of hydrogen-bond acceptors (Lipinski definition) is 6. The number of anilines is 1. The Morgan fingerprint density at radius 2 is 1.88 bits per heavy atom. The topological polar surface area (TPSA) is 98.2 Å². The summed E-state index contributed by atoms with van der Waals surface area (Å²) in [5, 5.41) is 11.0. The van der Waals surface area contributed by atoms with E-state index in [4.69, 9.17) is 9.90 Å². The summed E-state index contributed by atoms with van der Waals surface area (Å²) in [6, 6.07) is 6.99. The van der Waals surface area contributed by atoms with Crippen molar-refractivity contribution in [2.24, 2.45) is 0 Å². The van der Waals surface area contributed by atoms with Crippen LogP contribution in [0.25, 0.3) is 0 Å². The molecule has 4 rings (SSSR count). The first-order chi connectivity index (χ1) is 15.8. The van der Waals surface area contributed by atoms with Crippen molar-refractivity contribution in [3.63, 3.8) is 0 Å². The second kappa shape index (κ2) is 9.60. The van der Waals surface area contributed by atoms with Crippen molar-refractivity contribution in [3.8, 4) is 0 Å². The van der Waals surface area contributed by atoms with Gasteiger partial charge in [0.2, 0.25) is 15.9 Å². The molecule has 0 bridgehead atoms. The number of carboxylic acids is 1. The number of thiophene rings is 1. The molecule has 1 amide bonds. The van der Waals surface area contributed by atoms with Gasteiger partial charge in [-0.1, -0.05) is 6.07 Å². The summed E-state index contributed by atoms with van der Waals surface area (Å²) in [4.78, 5) is 25.1. The van der Waals surface area contributed by atoms with Crippen LogP contribution in [-0.4, -0.2) is 79.5 Å². The lowest BCUT2D eigenvalue weighted by Gasteiger charge is -2.46. The summed E-state index contributed by atoms with van der Waals surface area (Å²) < 4.78 is 72.6. The Kier molecular flexibility index (Phi) is 7.36. The van der Waals surface area contributed by atoms with E-state index in [1.807, 2.05) is 28.8 Å². The molecule has 1 spiro atoms. The summed E-state index contributed by atoms with van der Waals surface area (Å²) in [6.45, 7) is 1.29. The summed E-state index contributed by atoms with van der Waals surface area (Å²) in [6.07, 6.45) is -4.47. The normalized spacial score (nSPS) is 22.0. The SMILES string of the molecule is CN1CC(=O)N(c2ccsc2)CC12CCN(S(=O)(=O)c1cccc(F)c1)C2.O=C(O)C(F)(F)F. The Labute approximate surface area is 197 Å². The van der Waals surface area contributed by atoms with Gasteiger partial charge in [0, 0.05) is 25.0 Å². The highest BCUT2D eigenvalue weighted by Gasteiger charge is 2.50. The second-order valence-electron chi connectivity index (χ2n) is 7.89. The van der Waals surface area contributed by atoms with Crippen LogP contribution < -0.4 is 4.90 Å². The summed E-state index contributed by atoms with van der Waals surface area (Å²) in [7, 11) is -1.92. The van der Waals surface area contributed by atoms with Gasteiger partial charge >= 0.3 is 12.1 Å². The summed E-state index contributed by atoms with van der Waals surface area (Å²) in [5.41, 5.74) is 0.403. The van der Waals surface area contributed by atoms with Gasteiger partial charge in [0.15, 0.2) is 0 Å². The van der Waals surface area contributed by atoms with E-state index in [2.05, 4.69) is 0 Å². The predicted octanol–water partition coefficient (Wildman–Crippen LogP) is 2.63. The molecular weight excluding hydrogens is 502 g/mol. The van der Waals surface area contributed by atoms with Gasteiger partial charge in [-0.05, 0) is 43.1 Å². The van der Waals surface area contributed by atoms with E-state index in [9.17, 15) is 30.8 Å². The fourth-order valence-corrected chi connectivity index (χ4v) is 6.04. The van der Waals surface area contributed by atoms with E-state index in [1.165, 1.54) is 33.8 Å². The van der Waals surface area contributed by atoms with Crippen LogP contribution in [0.15, 0.2) is 46.0 Å². The minimum Gasteiger partial charge on any atom is -0.475 e. The average molecular weight is 524 g/mol. The van der Waals surface area contributed by atoms with Crippen molar-refractivity contribution >= 4 is 38.9 Å². The quantitative estimate of drug-likeness (QED) is 0.622. The van der Waals surface area contributed by atoms with Gasteiger partial charge in [0.25, 0.3) is 0 Å². The molecule has 2 aliphatic heterocycles. The van der Waals surface area contributed by atoms with E-state index in [0.717, 1.165) is 11.8 Å². The Balaban J connectivity index is 0.000000406. The first-order valence-electron chi connectivity index (χ1n) is 9.86. The fraction of sp³-hybridized carbons (Fsp3) is 0.400. The lowest BCUT2D eigenvalue weighted by molar-refractivity contribution is -0.192. The number of rotatable bonds is 3. The molecule has 0 aliphatic carbocycles. The first kappa shape index (κ1) is 26.1. The van der Waals surface area contributed by atoms with E-state index >= 15 is 0 Å². The highest BCUT2D eigenvalue weighted by Crippen LogP contribution is 2.36. The molecule has 8 nitrogen and oxygen atoms in total. The lowest BCUT2D eigenvalue weighted by atomic mass is 9.93. The summed E-state index contributed by atoms with van der Waals surface area (Å²) >= 11 is 1.52. The minimum atomic E-state index is -5.08. The number of alkyl halides is 3. The van der Waals surface area contributed by atoms with Crippen LogP contribution in [0, 0.1) is 5.82 Å². The third-order valence-electron chi connectivity index (χ3n) is 5.73. The number of sulfonamides is 1. The number of piperazine rings is 1. The third kappa shape index (κ3) is 5.40. The van der Waals surface area contributed by atoms with Crippen LogP contribution in [0.4, 0.5) is 23.2 Å². The molecule has 0 radical (unpaired) electrons. The summed E-state index contributed by atoms with van der Waals surface area (Å²) in [5.74, 6) is -3.32. The molecule has 1 unspecified atom stereocenters. The van der Waals surface area contributed by atoms with E-state index in [-0.39, 0.29) is 23.9 Å². The van der Waals surface area contributed by atoms with E-state index < -0.39 is 33.5 Å². The zero-order valence-electron chi connectivity index (χ0n) is 17.8. The number of aliphatic carboxylic acids is 1. The Morgan fingerprint density at radius 3 is 2.44 bits per heavy atom. The maximum absolute atomic E-state index is 13.5. The molecule has 1 aromatic heterocycles. The zero-order chi connectivity index (χ0) is 25.3. The second-order valence-corrected chi connectivity index (χ2v) is 10.6. The number of carbonyl (C=O) groups is 2. The molecule has 1 atom stereocenters. The van der Waals surface area contributed by atoms with Crippen LogP contribution in [0.3, 0.4) is 0 Å². The highest BCUT2D eigenvalue weighted by molar-refractivity contribution is 7.89. The van der Waals surface area contributed by atoms with Crippen molar-refractivity contribution in [2.45, 2.75) is 23.0 Å². The number of halogens is 4. The maximum Gasteiger partial charge on any atom is 0.490 e. The van der Waals surface area contributed by atoms with Gasteiger partial charge in [-0.2, -0.15) is 28.8 Å². The largest absolute Gasteiger partial charge is 0.490 e. The first-order valence-corrected chi connectivity index (χ1v) is 12.2. The number of amides is 1. The third-order valence-corrected chi connectivity index (χ3v) is 8.24. The zero-order valence-corrected chi connectivity index (χ0v) is 19.5. The molecule has 1 N–H and O–H groups in total. The smallest absolute Gasteiger partial charge is 0.475 e. The molecule has 2 aliphatic rings. The molecule has 14 heteroatoms. The maximum atomic E-state index is 13.5. The Morgan fingerprint density at radius 1 is 1.21 bits per heavy atom. The van der Waals surface area contributed by atoms with Gasteiger partial charge < -0.3 is 10.0 Å². The molecule has 0 saturated carbocycles. The standard InChI is InChI=1S/C18H20FN3O3S2.C2HF3O2/c1-20-10-17(23)22(15-5-8-26-11-15)13-18(20)6-7-21(12-18)27(24,25)16-4-2-3-14(19)9-16;3-2(4,5)1(6)7/h2-5,8-9,11H,6-7,10,12-13H2,1H3;(H,6,7). The van der Waals surface area contributed by atoms with Gasteiger partial charge in [-0.15, -0.1) is 0 Å². The number of carbonyl (C=O) groups excluding carboxylic acids is 1. The Bertz CT molecular complexity index is 1160. The van der Waals surface area contributed by atoms with Crippen molar-refractivity contribution in [1.82, 2.24) is 9.21 Å².